The van der Waals surface area contributed by atoms with Crippen molar-refractivity contribution < 1.29 is 9.59 Å². The minimum absolute atomic E-state index is 0.0679. The summed E-state index contributed by atoms with van der Waals surface area (Å²) in [7, 11) is 0. The lowest BCUT2D eigenvalue weighted by Gasteiger charge is -2.19. The summed E-state index contributed by atoms with van der Waals surface area (Å²) in [6.45, 7) is 0. The lowest BCUT2D eigenvalue weighted by molar-refractivity contribution is -0.126. The maximum absolute atomic E-state index is 12.7. The number of fused-ring (bicyclic) bond motifs is 1. The molecule has 0 unspecified atom stereocenters. The van der Waals surface area contributed by atoms with Crippen LogP contribution in [0.4, 0.5) is 0 Å². The summed E-state index contributed by atoms with van der Waals surface area (Å²) < 4.78 is 0. The highest BCUT2D eigenvalue weighted by Gasteiger charge is 2.73. The third-order valence-corrected chi connectivity index (χ3v) is 5.85. The fourth-order valence-electron chi connectivity index (χ4n) is 4.52. The van der Waals surface area contributed by atoms with E-state index in [0.717, 1.165) is 31.2 Å². The Balaban J connectivity index is 1.57. The van der Waals surface area contributed by atoms with E-state index in [0.29, 0.717) is 18.4 Å². The second-order valence-electron chi connectivity index (χ2n) is 6.92. The predicted octanol–water partition coefficient (Wildman–Crippen LogP) is 2.90. The molecule has 0 aliphatic heterocycles. The molecule has 22 heavy (non-hydrogen) atoms. The molecule has 1 spiro atoms. The van der Waals surface area contributed by atoms with E-state index in [1.165, 1.54) is 0 Å². The van der Waals surface area contributed by atoms with Crippen molar-refractivity contribution in [1.82, 2.24) is 5.32 Å². The zero-order chi connectivity index (χ0) is 15.4. The molecule has 4 nitrogen and oxygen atoms in total. The van der Waals surface area contributed by atoms with Gasteiger partial charge in [-0.1, -0.05) is 37.1 Å². The average molecular weight is 294 g/mol. The van der Waals surface area contributed by atoms with Crippen LogP contribution in [0.1, 0.15) is 60.5 Å². The van der Waals surface area contributed by atoms with Crippen LogP contribution in [0, 0.1) is 22.2 Å². The maximum Gasteiger partial charge on any atom is 0.241 e. The molecule has 0 heterocycles. The predicted molar refractivity (Wildman–Crippen MR) is 79.8 cm³/mol. The van der Waals surface area contributed by atoms with Gasteiger partial charge in [0.05, 0.1) is 12.1 Å². The van der Waals surface area contributed by atoms with Gasteiger partial charge in [-0.2, -0.15) is 5.26 Å². The SMILES string of the molecule is N#C[C@]1(C(=O)N[C@H]2CC(=O)c3ccccc32)CC12CCCC2. The van der Waals surface area contributed by atoms with Crippen molar-refractivity contribution in [1.29, 1.82) is 5.26 Å². The van der Waals surface area contributed by atoms with E-state index in [2.05, 4.69) is 11.4 Å². The molecule has 2 atom stereocenters. The Morgan fingerprint density at radius 1 is 1.27 bits per heavy atom. The standard InChI is InChI=1S/C18H18N2O2/c19-11-18(10-17(18)7-3-4-8-17)16(22)20-14-9-15(21)13-6-2-1-5-12(13)14/h1-2,5-6,14H,3-4,7-10H2,(H,20,22)/t14-,18-/m0/s1. The van der Waals surface area contributed by atoms with Crippen LogP contribution in [0.25, 0.3) is 0 Å². The maximum atomic E-state index is 12.7. The van der Waals surface area contributed by atoms with Crippen molar-refractivity contribution in [2.75, 3.05) is 0 Å². The number of carbonyl (C=O) groups is 2. The highest BCUT2D eigenvalue weighted by atomic mass is 16.2. The molecule has 1 aromatic rings. The van der Waals surface area contributed by atoms with Crippen molar-refractivity contribution in [3.63, 3.8) is 0 Å². The molecule has 3 aliphatic carbocycles. The highest BCUT2D eigenvalue weighted by Crippen LogP contribution is 2.71. The van der Waals surface area contributed by atoms with Crippen LogP contribution in [0.3, 0.4) is 0 Å². The average Bonchev–Trinajstić information content (AvgIpc) is 2.79. The van der Waals surface area contributed by atoms with Crippen LogP contribution in [0.2, 0.25) is 0 Å². The summed E-state index contributed by atoms with van der Waals surface area (Å²) in [4.78, 5) is 24.8. The molecule has 112 valence electrons. The Morgan fingerprint density at radius 3 is 2.73 bits per heavy atom. The fraction of sp³-hybridized carbons (Fsp3) is 0.500. The molecule has 3 aliphatic rings. The molecule has 2 fully saturated rings. The van der Waals surface area contributed by atoms with E-state index in [1.807, 2.05) is 18.2 Å². The summed E-state index contributed by atoms with van der Waals surface area (Å²) in [5.74, 6) is -0.107. The second kappa shape index (κ2) is 4.42. The molecular weight excluding hydrogens is 276 g/mol. The van der Waals surface area contributed by atoms with E-state index >= 15 is 0 Å². The Morgan fingerprint density at radius 2 is 2.00 bits per heavy atom. The van der Waals surface area contributed by atoms with E-state index in [1.54, 1.807) is 6.07 Å². The zero-order valence-corrected chi connectivity index (χ0v) is 12.4. The number of nitrogens with one attached hydrogen (secondary N) is 1. The van der Waals surface area contributed by atoms with Crippen molar-refractivity contribution >= 4 is 11.7 Å². The van der Waals surface area contributed by atoms with Crippen LogP contribution in [0.15, 0.2) is 24.3 Å². The first-order chi connectivity index (χ1) is 10.6. The number of benzene rings is 1. The first-order valence-corrected chi connectivity index (χ1v) is 7.96. The Kier molecular flexibility index (Phi) is 2.72. The molecule has 1 N–H and O–H groups in total. The van der Waals surface area contributed by atoms with Gasteiger partial charge in [0, 0.05) is 17.4 Å². The minimum Gasteiger partial charge on any atom is -0.347 e. The molecule has 0 radical (unpaired) electrons. The third-order valence-electron chi connectivity index (χ3n) is 5.85. The number of nitrogens with zero attached hydrogens (tertiary/aromatic N) is 1. The van der Waals surface area contributed by atoms with Gasteiger partial charge >= 0.3 is 0 Å². The molecular formula is C18H18N2O2. The molecule has 2 saturated carbocycles. The van der Waals surface area contributed by atoms with Gasteiger partial charge in [0.15, 0.2) is 5.78 Å². The van der Waals surface area contributed by atoms with E-state index < -0.39 is 5.41 Å². The van der Waals surface area contributed by atoms with Crippen molar-refractivity contribution in [2.45, 2.75) is 44.6 Å². The summed E-state index contributed by atoms with van der Waals surface area (Å²) in [5, 5.41) is 12.6. The van der Waals surface area contributed by atoms with Gasteiger partial charge in [-0.15, -0.1) is 0 Å². The van der Waals surface area contributed by atoms with Crippen LogP contribution in [-0.4, -0.2) is 11.7 Å². The molecule has 1 amide bonds. The van der Waals surface area contributed by atoms with Crippen LogP contribution >= 0.6 is 0 Å². The largest absolute Gasteiger partial charge is 0.347 e. The molecule has 0 saturated heterocycles. The van der Waals surface area contributed by atoms with Crippen LogP contribution in [-0.2, 0) is 4.79 Å². The molecule has 0 aromatic heterocycles. The number of hydrogen-bond donors (Lipinski definition) is 1. The molecule has 1 aromatic carbocycles. The number of rotatable bonds is 2. The smallest absolute Gasteiger partial charge is 0.241 e. The summed E-state index contributed by atoms with van der Waals surface area (Å²) in [6, 6.07) is 9.44. The van der Waals surface area contributed by atoms with Gasteiger partial charge in [0.25, 0.3) is 0 Å². The Hall–Kier alpha value is -2.15. The van der Waals surface area contributed by atoms with E-state index in [-0.39, 0.29) is 23.1 Å². The van der Waals surface area contributed by atoms with Crippen molar-refractivity contribution in [3.8, 4) is 6.07 Å². The first kappa shape index (κ1) is 13.5. The van der Waals surface area contributed by atoms with Crippen LogP contribution in [0.5, 0.6) is 0 Å². The number of ketones is 1. The second-order valence-corrected chi connectivity index (χ2v) is 6.92. The number of amides is 1. The number of carbonyl (C=O) groups excluding carboxylic acids is 2. The fourth-order valence-corrected chi connectivity index (χ4v) is 4.52. The Bertz CT molecular complexity index is 712. The van der Waals surface area contributed by atoms with Gasteiger partial charge in [-0.05, 0) is 24.8 Å². The van der Waals surface area contributed by atoms with Crippen LogP contribution < -0.4 is 5.32 Å². The van der Waals surface area contributed by atoms with Gasteiger partial charge in [-0.3, -0.25) is 9.59 Å². The Labute approximate surface area is 129 Å². The first-order valence-electron chi connectivity index (χ1n) is 7.96. The minimum atomic E-state index is -0.857. The lowest BCUT2D eigenvalue weighted by atomic mass is 9.91. The van der Waals surface area contributed by atoms with Gasteiger partial charge < -0.3 is 5.32 Å². The number of hydrogen-bond acceptors (Lipinski definition) is 3. The normalized spacial score (nSPS) is 30.9. The topological polar surface area (TPSA) is 70.0 Å². The monoisotopic (exact) mass is 294 g/mol. The van der Waals surface area contributed by atoms with Crippen molar-refractivity contribution in [2.24, 2.45) is 10.8 Å². The molecule has 4 heteroatoms. The van der Waals surface area contributed by atoms with E-state index in [9.17, 15) is 14.9 Å². The van der Waals surface area contributed by atoms with Gasteiger partial charge in [-0.25, -0.2) is 0 Å². The quantitative estimate of drug-likeness (QED) is 0.911. The van der Waals surface area contributed by atoms with E-state index in [4.69, 9.17) is 0 Å². The zero-order valence-electron chi connectivity index (χ0n) is 12.4. The third kappa shape index (κ3) is 1.62. The number of nitriles is 1. The van der Waals surface area contributed by atoms with Crippen molar-refractivity contribution in [3.05, 3.63) is 35.4 Å². The van der Waals surface area contributed by atoms with Gasteiger partial charge in [0.2, 0.25) is 5.91 Å². The number of Topliss-reactive ketones (excluding diaryl/α,β-unsaturated/α-hetero) is 1. The molecule has 0 bridgehead atoms. The lowest BCUT2D eigenvalue weighted by Crippen LogP contribution is -2.36. The highest BCUT2D eigenvalue weighted by molar-refractivity contribution is 6.02. The summed E-state index contributed by atoms with van der Waals surface area (Å²) >= 11 is 0. The summed E-state index contributed by atoms with van der Waals surface area (Å²) in [5.41, 5.74) is 0.637. The molecule has 4 rings (SSSR count). The summed E-state index contributed by atoms with van der Waals surface area (Å²) in [6.07, 6.45) is 5.18. The van der Waals surface area contributed by atoms with Gasteiger partial charge in [0.1, 0.15) is 5.41 Å².